The molecule has 1 saturated heterocycles. The van der Waals surface area contributed by atoms with Crippen molar-refractivity contribution in [3.63, 3.8) is 0 Å². The zero-order valence-electron chi connectivity index (χ0n) is 16.8. The maximum atomic E-state index is 12.7. The second-order valence-electron chi connectivity index (χ2n) is 8.20. The van der Waals surface area contributed by atoms with E-state index in [1.54, 1.807) is 17.9 Å². The fraction of sp³-hybridized carbons (Fsp3) is 0.318. The molecule has 154 valence electrons. The Balaban J connectivity index is 1.16. The van der Waals surface area contributed by atoms with E-state index < -0.39 is 0 Å². The van der Waals surface area contributed by atoms with Crippen LogP contribution in [0.1, 0.15) is 23.2 Å². The molecule has 0 N–H and O–H groups in total. The average molecular weight is 413 g/mol. The Morgan fingerprint density at radius 3 is 2.84 bits per heavy atom. The smallest absolute Gasteiger partial charge is 0.280 e. The van der Waals surface area contributed by atoms with Crippen LogP contribution in [0.4, 0.5) is 5.69 Å². The maximum absolute atomic E-state index is 12.7. The van der Waals surface area contributed by atoms with Crippen molar-refractivity contribution in [3.05, 3.63) is 64.6 Å². The third kappa shape index (κ3) is 2.83. The van der Waals surface area contributed by atoms with Crippen molar-refractivity contribution < 1.29 is 4.52 Å². The van der Waals surface area contributed by atoms with Crippen molar-refractivity contribution in [2.45, 2.75) is 12.5 Å². The number of imidazole rings is 1. The normalized spacial score (nSPS) is 21.9. The van der Waals surface area contributed by atoms with E-state index in [-0.39, 0.29) is 12.1 Å². The van der Waals surface area contributed by atoms with Crippen LogP contribution in [0.15, 0.2) is 46.2 Å². The predicted octanol–water partition coefficient (Wildman–Crippen LogP) is 1.39. The quantitative estimate of drug-likeness (QED) is 0.467. The first kappa shape index (κ1) is 17.9. The molecule has 0 amide bonds. The van der Waals surface area contributed by atoms with Crippen LogP contribution in [0.25, 0.3) is 11.2 Å². The number of hydrogen-bond acceptors (Lipinski definition) is 7. The zero-order chi connectivity index (χ0) is 21.1. The molecule has 2 atom stereocenters. The summed E-state index contributed by atoms with van der Waals surface area (Å²) < 4.78 is 8.58. The topological polar surface area (TPSA) is 94.9 Å². The van der Waals surface area contributed by atoms with Gasteiger partial charge >= 0.3 is 0 Å². The monoisotopic (exact) mass is 413 g/mol. The van der Waals surface area contributed by atoms with Crippen molar-refractivity contribution >= 4 is 16.9 Å². The molecule has 1 saturated carbocycles. The number of aromatic nitrogens is 6. The second kappa shape index (κ2) is 6.54. The van der Waals surface area contributed by atoms with Gasteiger partial charge in [-0.15, -0.1) is 6.42 Å². The van der Waals surface area contributed by atoms with Gasteiger partial charge in [0.15, 0.2) is 17.0 Å². The summed E-state index contributed by atoms with van der Waals surface area (Å²) in [6.45, 7) is 2.09. The van der Waals surface area contributed by atoms with Crippen molar-refractivity contribution in [1.29, 1.82) is 0 Å². The van der Waals surface area contributed by atoms with E-state index in [1.807, 2.05) is 12.1 Å². The van der Waals surface area contributed by atoms with Gasteiger partial charge in [0.2, 0.25) is 5.89 Å². The lowest BCUT2D eigenvalue weighted by Crippen LogP contribution is -2.24. The molecule has 9 heteroatoms. The van der Waals surface area contributed by atoms with Crippen molar-refractivity contribution in [1.82, 2.24) is 29.2 Å². The van der Waals surface area contributed by atoms with E-state index in [1.165, 1.54) is 10.9 Å². The highest BCUT2D eigenvalue weighted by Crippen LogP contribution is 2.57. The van der Waals surface area contributed by atoms with Gasteiger partial charge in [-0.05, 0) is 30.0 Å². The molecule has 31 heavy (non-hydrogen) atoms. The largest absolute Gasteiger partial charge is 0.371 e. The lowest BCUT2D eigenvalue weighted by atomic mass is 10.2. The van der Waals surface area contributed by atoms with Crippen LogP contribution in [-0.2, 0) is 13.6 Å². The minimum Gasteiger partial charge on any atom is -0.371 e. The van der Waals surface area contributed by atoms with Gasteiger partial charge in [-0.3, -0.25) is 9.36 Å². The molecule has 1 aliphatic carbocycles. The number of terminal acetylenes is 1. The number of hydrogen-bond donors (Lipinski definition) is 0. The summed E-state index contributed by atoms with van der Waals surface area (Å²) in [7, 11) is 1.77. The number of fused-ring (bicyclic) bond motifs is 2. The Hall–Kier alpha value is -3.93. The lowest BCUT2D eigenvalue weighted by molar-refractivity contribution is 0.363. The summed E-state index contributed by atoms with van der Waals surface area (Å²) >= 11 is 0. The van der Waals surface area contributed by atoms with Gasteiger partial charge in [-0.25, -0.2) is 9.97 Å². The molecule has 0 bridgehead atoms. The van der Waals surface area contributed by atoms with Crippen LogP contribution in [0.5, 0.6) is 0 Å². The van der Waals surface area contributed by atoms with Crippen LogP contribution >= 0.6 is 0 Å². The van der Waals surface area contributed by atoms with Gasteiger partial charge < -0.3 is 14.0 Å². The first-order valence-electron chi connectivity index (χ1n) is 10.1. The van der Waals surface area contributed by atoms with E-state index in [4.69, 9.17) is 10.9 Å². The maximum Gasteiger partial charge on any atom is 0.280 e. The number of rotatable bonds is 4. The molecule has 4 heterocycles. The van der Waals surface area contributed by atoms with Crippen LogP contribution in [0.3, 0.4) is 0 Å². The number of benzene rings is 1. The molecule has 4 aromatic rings. The first-order chi connectivity index (χ1) is 15.1. The number of nitrogens with zero attached hydrogens (tertiary/aromatic N) is 7. The second-order valence-corrected chi connectivity index (χ2v) is 8.20. The minimum atomic E-state index is -0.183. The SMILES string of the molecule is C#Cc1cccc(N2CC3C(C2)C3c2noc(Cn3cnc4ncn(C)c4c3=O)n2)c1. The van der Waals surface area contributed by atoms with Crippen LogP contribution in [0, 0.1) is 24.2 Å². The summed E-state index contributed by atoms with van der Waals surface area (Å²) in [5.74, 6) is 5.15. The van der Waals surface area contributed by atoms with Crippen molar-refractivity contribution in [2.24, 2.45) is 18.9 Å². The van der Waals surface area contributed by atoms with Gasteiger partial charge in [0.1, 0.15) is 12.9 Å². The summed E-state index contributed by atoms with van der Waals surface area (Å²) in [6, 6.07) is 8.09. The van der Waals surface area contributed by atoms with Crippen LogP contribution in [0.2, 0.25) is 0 Å². The standard InChI is InChI=1S/C22H19N7O2/c1-3-13-5-4-6-14(7-13)28-8-15-16(9-28)18(15)20-25-17(31-26-20)10-29-12-24-21-19(22(29)30)27(2)11-23-21/h1,4-7,11-12,15-16,18H,8-10H2,2H3. The third-order valence-electron chi connectivity index (χ3n) is 6.36. The molecule has 1 aromatic carbocycles. The van der Waals surface area contributed by atoms with Gasteiger partial charge in [0.05, 0.1) is 6.33 Å². The molecule has 9 nitrogen and oxygen atoms in total. The Morgan fingerprint density at radius 1 is 1.23 bits per heavy atom. The molecule has 1 aliphatic heterocycles. The molecule has 0 radical (unpaired) electrons. The molecule has 3 aromatic heterocycles. The Morgan fingerprint density at radius 2 is 2.03 bits per heavy atom. The fourth-order valence-electron chi connectivity index (χ4n) is 4.71. The molecular formula is C22H19N7O2. The first-order valence-corrected chi connectivity index (χ1v) is 10.1. The molecule has 6 rings (SSSR count). The van der Waals surface area contributed by atoms with Gasteiger partial charge in [-0.1, -0.05) is 17.1 Å². The van der Waals surface area contributed by atoms with E-state index in [9.17, 15) is 4.79 Å². The Kier molecular flexibility index (Phi) is 3.77. The van der Waals surface area contributed by atoms with Gasteiger partial charge in [-0.2, -0.15) is 4.98 Å². The molecular weight excluding hydrogens is 394 g/mol. The highest BCUT2D eigenvalue weighted by atomic mass is 16.5. The van der Waals surface area contributed by atoms with E-state index >= 15 is 0 Å². The molecule has 0 spiro atoms. The summed E-state index contributed by atoms with van der Waals surface area (Å²) in [4.78, 5) is 28.0. The zero-order valence-corrected chi connectivity index (χ0v) is 16.8. The Labute approximate surface area is 177 Å². The molecule has 2 unspecified atom stereocenters. The van der Waals surface area contributed by atoms with E-state index in [0.717, 1.165) is 30.2 Å². The highest BCUT2D eigenvalue weighted by Gasteiger charge is 2.58. The van der Waals surface area contributed by atoms with Crippen LogP contribution in [-0.4, -0.2) is 42.3 Å². The molecule has 2 aliphatic rings. The summed E-state index contributed by atoms with van der Waals surface area (Å²) in [5, 5.41) is 4.20. The van der Waals surface area contributed by atoms with E-state index in [2.05, 4.69) is 43.1 Å². The van der Waals surface area contributed by atoms with Gasteiger partial charge in [0.25, 0.3) is 5.56 Å². The van der Waals surface area contributed by atoms with Crippen LogP contribution < -0.4 is 10.5 Å². The summed E-state index contributed by atoms with van der Waals surface area (Å²) in [5.41, 5.74) is 2.75. The Bertz CT molecular complexity index is 1400. The number of aryl methyl sites for hydroxylation is 1. The predicted molar refractivity (Wildman–Crippen MR) is 112 cm³/mol. The lowest BCUT2D eigenvalue weighted by Gasteiger charge is -2.21. The third-order valence-corrected chi connectivity index (χ3v) is 6.36. The highest BCUT2D eigenvalue weighted by molar-refractivity contribution is 5.68. The van der Waals surface area contributed by atoms with Crippen molar-refractivity contribution in [2.75, 3.05) is 18.0 Å². The van der Waals surface area contributed by atoms with Gasteiger partial charge in [0, 0.05) is 37.3 Å². The fourth-order valence-corrected chi connectivity index (χ4v) is 4.71. The number of anilines is 1. The number of piperidine rings is 1. The van der Waals surface area contributed by atoms with E-state index in [0.29, 0.717) is 34.8 Å². The average Bonchev–Trinajstić information content (AvgIpc) is 3.21. The minimum absolute atomic E-state index is 0.183. The molecule has 2 fully saturated rings. The van der Waals surface area contributed by atoms with Crippen molar-refractivity contribution in [3.8, 4) is 12.3 Å². The summed E-state index contributed by atoms with van der Waals surface area (Å²) in [6.07, 6.45) is 8.57.